The minimum atomic E-state index is 0. The van der Waals surface area contributed by atoms with Crippen LogP contribution in [0.5, 0.6) is 0 Å². The van der Waals surface area contributed by atoms with Crippen LogP contribution >= 0.6 is 12.4 Å². The monoisotopic (exact) mass is 141 g/mol. The molecule has 0 atom stereocenters. The quantitative estimate of drug-likeness (QED) is 0.517. The van der Waals surface area contributed by atoms with Crippen LogP contribution in [0, 0.1) is 0 Å². The zero-order chi connectivity index (χ0) is 4.12. The van der Waals surface area contributed by atoms with E-state index in [1.807, 2.05) is 0 Å². The second kappa shape index (κ2) is 9.38. The smallest absolute Gasteiger partial charge is 0.147 e. The fraction of sp³-hybridized carbons (Fsp3) is 1.00. The van der Waals surface area contributed by atoms with Crippen LogP contribution in [0.4, 0.5) is 0 Å². The summed E-state index contributed by atoms with van der Waals surface area (Å²) in [6.07, 6.45) is 2.73. The first-order valence-electron chi connectivity index (χ1n) is 2.06. The molecule has 0 aliphatic heterocycles. The maximum absolute atomic E-state index is 2.21. The molecule has 0 aromatic rings. The van der Waals surface area contributed by atoms with Crippen molar-refractivity contribution in [1.82, 2.24) is 0 Å². The Morgan fingerprint density at radius 2 is 2.00 bits per heavy atom. The molecule has 0 aromatic heterocycles. The van der Waals surface area contributed by atoms with Crippen LogP contribution in [0.15, 0.2) is 0 Å². The van der Waals surface area contributed by atoms with E-state index in [1.165, 1.54) is 17.6 Å². The van der Waals surface area contributed by atoms with E-state index < -0.39 is 0 Å². The third-order valence-electron chi connectivity index (χ3n) is 0.530. The van der Waals surface area contributed by atoms with Crippen LogP contribution in [-0.4, -0.2) is 0 Å². The third-order valence-corrected chi connectivity index (χ3v) is 1.08. The van der Waals surface area contributed by atoms with Crippen LogP contribution in [0.1, 0.15) is 19.8 Å². The van der Waals surface area contributed by atoms with E-state index in [1.54, 1.807) is 0 Å². The molecule has 0 nitrogen and oxygen atoms in total. The van der Waals surface area contributed by atoms with Gasteiger partial charge in [-0.1, -0.05) is 0 Å². The summed E-state index contributed by atoms with van der Waals surface area (Å²) in [6, 6.07) is 0. The molecule has 0 unspecified atom stereocenters. The van der Waals surface area contributed by atoms with Gasteiger partial charge in [0.2, 0.25) is 0 Å². The largest absolute Gasteiger partial charge is 0.147 e. The van der Waals surface area contributed by atoms with E-state index in [9.17, 15) is 0 Å². The minimum absolute atomic E-state index is 0. The zero-order valence-corrected chi connectivity index (χ0v) is 6.41. The summed E-state index contributed by atoms with van der Waals surface area (Å²) < 4.78 is 1.34. The summed E-state index contributed by atoms with van der Waals surface area (Å²) >= 11 is 2.21. The van der Waals surface area contributed by atoms with Gasteiger partial charge in [-0.2, -0.15) is 0 Å². The van der Waals surface area contributed by atoms with Crippen molar-refractivity contribution in [3.8, 4) is 0 Å². The number of hydrogen-bond acceptors (Lipinski definition) is 0. The number of unbranched alkanes of at least 4 members (excludes halogenated alkanes) is 1. The van der Waals surface area contributed by atoms with Crippen LogP contribution in [0.25, 0.3) is 0 Å². The first-order valence-corrected chi connectivity index (χ1v) is 3.16. The van der Waals surface area contributed by atoms with E-state index >= 15 is 0 Å². The molecule has 0 bridgehead atoms. The van der Waals surface area contributed by atoms with Crippen molar-refractivity contribution in [2.45, 2.75) is 24.5 Å². The molecule has 0 aromatic carbocycles. The van der Waals surface area contributed by atoms with Gasteiger partial charge in [0.15, 0.2) is 0 Å². The second-order valence-electron chi connectivity index (χ2n) is 1.10. The fourth-order valence-electron chi connectivity index (χ4n) is 0.177. The molecule has 0 rings (SSSR count). The molecular formula is C4H10ClTi. The van der Waals surface area contributed by atoms with Gasteiger partial charge in [-0.25, -0.2) is 0 Å². The van der Waals surface area contributed by atoms with E-state index in [4.69, 9.17) is 0 Å². The predicted octanol–water partition coefficient (Wildman–Crippen LogP) is 2.17. The maximum atomic E-state index is 2.21. The summed E-state index contributed by atoms with van der Waals surface area (Å²) in [5.74, 6) is 0. The van der Waals surface area contributed by atoms with Crippen molar-refractivity contribution in [3.63, 3.8) is 0 Å². The first kappa shape index (κ1) is 10.1. The van der Waals surface area contributed by atoms with Crippen LogP contribution < -0.4 is 0 Å². The number of hydrogen-bond donors (Lipinski definition) is 0. The Bertz CT molecular complexity index is 15.0. The van der Waals surface area contributed by atoms with Gasteiger partial charge in [0.25, 0.3) is 0 Å². The van der Waals surface area contributed by atoms with Gasteiger partial charge < -0.3 is 0 Å². The van der Waals surface area contributed by atoms with Gasteiger partial charge in [0.05, 0.1) is 0 Å². The fourth-order valence-corrected chi connectivity index (χ4v) is 0.729. The standard InChI is InChI=1S/C4H9.ClH.Ti/c1-3-4-2;;/h1,3-4H2,2H3;1H;. The van der Waals surface area contributed by atoms with Crippen LogP contribution in [0.3, 0.4) is 0 Å². The Labute approximate surface area is 57.5 Å². The molecule has 0 heterocycles. The molecule has 0 aliphatic carbocycles. The average Bonchev–Trinajstić information content (AvgIpc) is 1.41. The topological polar surface area (TPSA) is 0 Å². The molecule has 0 radical (unpaired) electrons. The van der Waals surface area contributed by atoms with Crippen LogP contribution in [0.2, 0.25) is 4.73 Å². The molecule has 37 valence electrons. The van der Waals surface area contributed by atoms with Gasteiger partial charge in [-0.05, 0) is 0 Å². The molecule has 2 heteroatoms. The van der Waals surface area contributed by atoms with Gasteiger partial charge in [0.1, 0.15) is 0 Å². The summed E-state index contributed by atoms with van der Waals surface area (Å²) in [5.41, 5.74) is 0. The minimum Gasteiger partial charge on any atom is -0.147 e. The summed E-state index contributed by atoms with van der Waals surface area (Å²) in [6.45, 7) is 2.21. The number of halogens is 1. The normalized spacial score (nSPS) is 6.67. The van der Waals surface area contributed by atoms with Crippen molar-refractivity contribution >= 4 is 12.4 Å². The second-order valence-corrected chi connectivity index (χ2v) is 1.88. The third kappa shape index (κ3) is 8.89. The molecular weight excluding hydrogens is 131 g/mol. The van der Waals surface area contributed by atoms with Crippen molar-refractivity contribution in [2.75, 3.05) is 0 Å². The van der Waals surface area contributed by atoms with Crippen molar-refractivity contribution in [3.05, 3.63) is 0 Å². The van der Waals surface area contributed by atoms with Gasteiger partial charge in [-0.15, -0.1) is 12.4 Å². The first-order chi connectivity index (χ1) is 2.41. The summed E-state index contributed by atoms with van der Waals surface area (Å²) in [7, 11) is 0. The molecule has 6 heavy (non-hydrogen) atoms. The van der Waals surface area contributed by atoms with Crippen molar-refractivity contribution < 1.29 is 20.4 Å². The van der Waals surface area contributed by atoms with E-state index in [-0.39, 0.29) is 12.4 Å². The molecule has 0 saturated carbocycles. The van der Waals surface area contributed by atoms with Crippen LogP contribution in [-0.2, 0) is 20.4 Å². The number of rotatable bonds is 2. The van der Waals surface area contributed by atoms with Gasteiger partial charge in [-0.3, -0.25) is 0 Å². The van der Waals surface area contributed by atoms with Crippen molar-refractivity contribution in [2.24, 2.45) is 0 Å². The van der Waals surface area contributed by atoms with E-state index in [0.29, 0.717) is 0 Å². The maximum Gasteiger partial charge on any atom is -0.147 e. The zero-order valence-electron chi connectivity index (χ0n) is 4.03. The SMILES string of the molecule is CCC[CH2][Ti].Cl. The van der Waals surface area contributed by atoms with Crippen molar-refractivity contribution in [1.29, 1.82) is 0 Å². The Kier molecular flexibility index (Phi) is 15.8. The summed E-state index contributed by atoms with van der Waals surface area (Å²) in [5, 5.41) is 0. The summed E-state index contributed by atoms with van der Waals surface area (Å²) in [4.78, 5) is 0. The molecule has 0 fully saturated rings. The van der Waals surface area contributed by atoms with Gasteiger partial charge >= 0.3 is 44.9 Å². The van der Waals surface area contributed by atoms with E-state index in [0.717, 1.165) is 0 Å². The average molecular weight is 141 g/mol. The molecule has 0 N–H and O–H groups in total. The Balaban J connectivity index is 0. The molecule has 0 saturated heterocycles. The predicted molar refractivity (Wildman–Crippen MR) is 27.0 cm³/mol. The molecule has 0 amide bonds. The van der Waals surface area contributed by atoms with E-state index in [2.05, 4.69) is 27.4 Å². The Morgan fingerprint density at radius 3 is 2.00 bits per heavy atom. The Morgan fingerprint density at radius 1 is 1.50 bits per heavy atom. The van der Waals surface area contributed by atoms with Gasteiger partial charge in [0, 0.05) is 0 Å². The molecule has 0 spiro atoms. The Hall–Kier alpha value is 1.00. The molecule has 0 aliphatic rings.